The van der Waals surface area contributed by atoms with Gasteiger partial charge in [0.1, 0.15) is 10.6 Å². The molecular formula is C19H23N3O5S. The maximum absolute atomic E-state index is 12.6. The predicted molar refractivity (Wildman–Crippen MR) is 110 cm³/mol. The normalized spacial score (nSPS) is 11.5. The second kappa shape index (κ2) is 9.41. The smallest absolute Gasteiger partial charge is 0.333 e. The van der Waals surface area contributed by atoms with Gasteiger partial charge < -0.3 is 9.84 Å². The van der Waals surface area contributed by atoms with E-state index in [1.54, 1.807) is 19.1 Å². The summed E-state index contributed by atoms with van der Waals surface area (Å²) in [4.78, 5) is 40.9. The number of ether oxygens (including phenoxy) is 1. The summed E-state index contributed by atoms with van der Waals surface area (Å²) >= 11 is 0.966. The summed E-state index contributed by atoms with van der Waals surface area (Å²) in [7, 11) is 2.67. The molecular weight excluding hydrogens is 382 g/mol. The zero-order chi connectivity index (χ0) is 20.8. The number of rotatable bonds is 6. The van der Waals surface area contributed by atoms with Gasteiger partial charge >= 0.3 is 11.7 Å². The Morgan fingerprint density at radius 3 is 2.36 bits per heavy atom. The van der Waals surface area contributed by atoms with Crippen LogP contribution in [0.2, 0.25) is 0 Å². The molecule has 0 aliphatic rings. The first kappa shape index (κ1) is 21.5. The fourth-order valence-electron chi connectivity index (χ4n) is 2.43. The lowest BCUT2D eigenvalue weighted by atomic mass is 10.1. The molecule has 0 spiro atoms. The van der Waals surface area contributed by atoms with E-state index in [1.165, 1.54) is 14.1 Å². The van der Waals surface area contributed by atoms with Gasteiger partial charge in [0.15, 0.2) is 0 Å². The number of hydrogen-bond acceptors (Lipinski definition) is 7. The molecule has 0 radical (unpaired) electrons. The maximum Gasteiger partial charge on any atom is 0.333 e. The van der Waals surface area contributed by atoms with Gasteiger partial charge in [0, 0.05) is 14.1 Å². The number of carbonyl (C=O) groups excluding carboxylic acids is 1. The number of thioether (sulfide) groups is 1. The van der Waals surface area contributed by atoms with Gasteiger partial charge in [-0.3, -0.25) is 18.7 Å². The van der Waals surface area contributed by atoms with Crippen LogP contribution in [0.1, 0.15) is 25.0 Å². The summed E-state index contributed by atoms with van der Waals surface area (Å²) in [6.07, 6.45) is 0.872. The number of hydrogen-bond donors (Lipinski definition) is 1. The minimum absolute atomic E-state index is 0.0921. The van der Waals surface area contributed by atoms with Crippen molar-refractivity contribution in [1.29, 1.82) is 0 Å². The molecule has 28 heavy (non-hydrogen) atoms. The Balaban J connectivity index is 2.58. The van der Waals surface area contributed by atoms with E-state index in [2.05, 4.69) is 4.99 Å². The van der Waals surface area contributed by atoms with E-state index in [4.69, 9.17) is 4.74 Å². The first-order valence-electron chi connectivity index (χ1n) is 8.75. The molecule has 0 aliphatic heterocycles. The van der Waals surface area contributed by atoms with Crippen molar-refractivity contribution in [3.8, 4) is 5.88 Å². The highest BCUT2D eigenvalue weighted by Gasteiger charge is 2.22. The average Bonchev–Trinajstić information content (AvgIpc) is 2.69. The third-order valence-electron chi connectivity index (χ3n) is 4.05. The Morgan fingerprint density at radius 1 is 1.14 bits per heavy atom. The van der Waals surface area contributed by atoms with Crippen molar-refractivity contribution in [2.75, 3.05) is 12.4 Å². The van der Waals surface area contributed by atoms with Gasteiger partial charge in [-0.25, -0.2) is 9.79 Å². The van der Waals surface area contributed by atoms with Crippen LogP contribution in [-0.2, 0) is 30.0 Å². The third-order valence-corrected chi connectivity index (χ3v) is 5.00. The molecule has 9 heteroatoms. The highest BCUT2D eigenvalue weighted by atomic mass is 32.2. The zero-order valence-electron chi connectivity index (χ0n) is 16.3. The number of carbonyl (C=O) groups is 1. The summed E-state index contributed by atoms with van der Waals surface area (Å²) < 4.78 is 6.76. The van der Waals surface area contributed by atoms with Gasteiger partial charge in [0.05, 0.1) is 18.0 Å². The van der Waals surface area contributed by atoms with Gasteiger partial charge in [0.2, 0.25) is 5.88 Å². The van der Waals surface area contributed by atoms with Gasteiger partial charge in [-0.2, -0.15) is 0 Å². The van der Waals surface area contributed by atoms with Gasteiger partial charge in [-0.05, 0) is 31.0 Å². The van der Waals surface area contributed by atoms with Crippen LogP contribution in [0.3, 0.4) is 0 Å². The molecule has 0 saturated heterocycles. The minimum Gasteiger partial charge on any atom is -0.494 e. The van der Waals surface area contributed by atoms with Gasteiger partial charge in [-0.15, -0.1) is 0 Å². The van der Waals surface area contributed by atoms with Crippen LogP contribution in [0.4, 0.5) is 5.69 Å². The van der Waals surface area contributed by atoms with Crippen molar-refractivity contribution in [3.05, 3.63) is 56.2 Å². The Bertz CT molecular complexity index is 1010. The first-order valence-corrected chi connectivity index (χ1v) is 9.74. The van der Waals surface area contributed by atoms with Crippen molar-refractivity contribution in [2.45, 2.75) is 20.3 Å². The van der Waals surface area contributed by atoms with Gasteiger partial charge in [0.25, 0.3) is 5.56 Å². The number of aliphatic imine (C=N–C) groups is 1. The SMILES string of the molecule is CCOC(=O)CSC(=Nc1ccc(CC)cc1)c1c(O)n(C)c(=O)n(C)c1=O. The van der Waals surface area contributed by atoms with Crippen LogP contribution in [-0.4, -0.2) is 37.6 Å². The van der Waals surface area contributed by atoms with Crippen molar-refractivity contribution >= 4 is 28.5 Å². The number of benzene rings is 1. The van der Waals surface area contributed by atoms with E-state index < -0.39 is 23.1 Å². The Kier molecular flexibility index (Phi) is 7.22. The highest BCUT2D eigenvalue weighted by Crippen LogP contribution is 2.23. The van der Waals surface area contributed by atoms with E-state index in [0.29, 0.717) is 5.69 Å². The Morgan fingerprint density at radius 2 is 1.79 bits per heavy atom. The van der Waals surface area contributed by atoms with E-state index >= 15 is 0 Å². The molecule has 0 amide bonds. The largest absolute Gasteiger partial charge is 0.494 e. The van der Waals surface area contributed by atoms with Crippen LogP contribution in [0.25, 0.3) is 0 Å². The van der Waals surface area contributed by atoms with Crippen LogP contribution >= 0.6 is 11.8 Å². The van der Waals surface area contributed by atoms with Gasteiger partial charge in [-0.1, -0.05) is 30.8 Å². The molecule has 0 bridgehead atoms. The summed E-state index contributed by atoms with van der Waals surface area (Å²) in [6, 6.07) is 7.39. The molecule has 1 N–H and O–H groups in total. The summed E-state index contributed by atoms with van der Waals surface area (Å²) in [5.74, 6) is -1.07. The molecule has 8 nitrogen and oxygen atoms in total. The Labute approximate surface area is 166 Å². The molecule has 0 fully saturated rings. The maximum atomic E-state index is 12.6. The number of nitrogens with zero attached hydrogens (tertiary/aromatic N) is 3. The third kappa shape index (κ3) is 4.72. The number of esters is 1. The molecule has 1 aromatic carbocycles. The lowest BCUT2D eigenvalue weighted by Crippen LogP contribution is -2.39. The molecule has 0 atom stereocenters. The quantitative estimate of drug-likeness (QED) is 0.446. The summed E-state index contributed by atoms with van der Waals surface area (Å²) in [5, 5.41) is 10.6. The summed E-state index contributed by atoms with van der Waals surface area (Å²) in [5.41, 5.74) is 0.187. The van der Waals surface area contributed by atoms with E-state index in [0.717, 1.165) is 32.9 Å². The van der Waals surface area contributed by atoms with E-state index in [-0.39, 0.29) is 23.0 Å². The number of aryl methyl sites for hydroxylation is 1. The molecule has 2 aromatic rings. The molecule has 1 heterocycles. The van der Waals surface area contributed by atoms with E-state index in [9.17, 15) is 19.5 Å². The topological polar surface area (TPSA) is 103 Å². The fourth-order valence-corrected chi connectivity index (χ4v) is 3.27. The van der Waals surface area contributed by atoms with Crippen molar-refractivity contribution in [1.82, 2.24) is 9.13 Å². The predicted octanol–water partition coefficient (Wildman–Crippen LogP) is 1.73. The fraction of sp³-hybridized carbons (Fsp3) is 0.368. The Hall–Kier alpha value is -2.81. The van der Waals surface area contributed by atoms with Crippen LogP contribution < -0.4 is 11.2 Å². The summed E-state index contributed by atoms with van der Waals surface area (Å²) in [6.45, 7) is 3.96. The number of aromatic hydroxyl groups is 1. The second-order valence-corrected chi connectivity index (χ2v) is 6.90. The first-order chi connectivity index (χ1) is 13.3. The molecule has 0 aliphatic carbocycles. The number of aromatic nitrogens is 2. The highest BCUT2D eigenvalue weighted by molar-refractivity contribution is 8.15. The van der Waals surface area contributed by atoms with E-state index in [1.807, 2.05) is 19.1 Å². The lowest BCUT2D eigenvalue weighted by Gasteiger charge is -2.12. The second-order valence-electron chi connectivity index (χ2n) is 5.94. The zero-order valence-corrected chi connectivity index (χ0v) is 17.1. The molecule has 1 aromatic heterocycles. The molecule has 0 saturated carbocycles. The molecule has 0 unspecified atom stereocenters. The monoisotopic (exact) mass is 405 g/mol. The molecule has 2 rings (SSSR count). The van der Waals surface area contributed by atoms with Crippen LogP contribution in [0.15, 0.2) is 38.8 Å². The van der Waals surface area contributed by atoms with Crippen molar-refractivity contribution in [2.24, 2.45) is 19.1 Å². The van der Waals surface area contributed by atoms with Crippen LogP contribution in [0, 0.1) is 0 Å². The van der Waals surface area contributed by atoms with Crippen molar-refractivity contribution < 1.29 is 14.6 Å². The molecule has 150 valence electrons. The van der Waals surface area contributed by atoms with Crippen LogP contribution in [0.5, 0.6) is 5.88 Å². The minimum atomic E-state index is -0.694. The standard InChI is InChI=1S/C19H23N3O5S/c1-5-12-7-9-13(10-8-12)20-16(28-11-14(23)27-6-2)15-17(24)21(3)19(26)22(4)18(15)25/h7-10,24H,5-6,11H2,1-4H3. The van der Waals surface area contributed by atoms with Crippen molar-refractivity contribution in [3.63, 3.8) is 0 Å². The lowest BCUT2D eigenvalue weighted by molar-refractivity contribution is -0.139. The average molecular weight is 405 g/mol.